The zero-order valence-corrected chi connectivity index (χ0v) is 46.5. The molecule has 0 radical (unpaired) electrons. The molecule has 1 N–H and O–H groups in total. The number of fused-ring (bicyclic) bond motifs is 5. The highest BCUT2D eigenvalue weighted by molar-refractivity contribution is 5.96. The molecule has 4 saturated heterocycles. The molecule has 1 aliphatic carbocycles. The van der Waals surface area contributed by atoms with Crippen LogP contribution >= 0.6 is 0 Å². The highest BCUT2D eigenvalue weighted by Crippen LogP contribution is 2.45. The number of morpholine rings is 1. The summed E-state index contributed by atoms with van der Waals surface area (Å²) in [6.07, 6.45) is 8.58. The molecule has 3 aromatic carbocycles. The van der Waals surface area contributed by atoms with Crippen molar-refractivity contribution in [2.45, 2.75) is 44.9 Å². The number of phenols is 1. The van der Waals surface area contributed by atoms with Crippen molar-refractivity contribution < 1.29 is 28.8 Å². The van der Waals surface area contributed by atoms with Crippen LogP contribution < -0.4 is 33.8 Å². The average Bonchev–Trinajstić information content (AvgIpc) is 4.17. The van der Waals surface area contributed by atoms with E-state index in [-0.39, 0.29) is 24.4 Å². The summed E-state index contributed by atoms with van der Waals surface area (Å²) in [6, 6.07) is 21.0. The normalized spacial score (nSPS) is 20.9. The number of hydrogen-bond acceptors (Lipinski definition) is 18. The van der Waals surface area contributed by atoms with Gasteiger partial charge in [0.1, 0.15) is 35.8 Å². The van der Waals surface area contributed by atoms with Crippen LogP contribution in [0.3, 0.4) is 0 Å². The SMILES string of the molecule is C=CCN1CCN(c2nc(OCC(CN3CCOCC3)Oc3cc(N4CCc5c(nc(OCCCN6CC7CC7C6)nc5N5CCN(C(=O)C=C)CC5)C4)c4ccccc4c3)nc3c2CCN(c2cc(O)cc4cccnc24)C3)CC1. The number of rotatable bonds is 19. The maximum Gasteiger partial charge on any atom is 0.318 e. The number of nitrogens with zero attached hydrogens (tertiary/aromatic N) is 13. The molecule has 19 nitrogen and oxygen atoms in total. The highest BCUT2D eigenvalue weighted by Gasteiger charge is 2.44. The Kier molecular flexibility index (Phi) is 15.5. The van der Waals surface area contributed by atoms with Crippen LogP contribution in [0.4, 0.5) is 23.0 Å². The van der Waals surface area contributed by atoms with Gasteiger partial charge in [0, 0.05) is 157 Å². The predicted molar refractivity (Wildman–Crippen MR) is 314 cm³/mol. The minimum absolute atomic E-state index is 0.0401. The number of aromatic nitrogens is 5. The van der Waals surface area contributed by atoms with Crippen molar-refractivity contribution in [2.24, 2.45) is 11.8 Å². The highest BCUT2D eigenvalue weighted by atomic mass is 16.5. The van der Waals surface area contributed by atoms with Gasteiger partial charge in [-0.25, -0.2) is 0 Å². The van der Waals surface area contributed by atoms with Gasteiger partial charge >= 0.3 is 12.0 Å². The molecule has 19 heteroatoms. The van der Waals surface area contributed by atoms with E-state index in [0.29, 0.717) is 77.7 Å². The molecule has 6 aliphatic heterocycles. The van der Waals surface area contributed by atoms with E-state index < -0.39 is 0 Å². The lowest BCUT2D eigenvalue weighted by atomic mass is 10.0. The summed E-state index contributed by atoms with van der Waals surface area (Å²) in [5.41, 5.74) is 6.91. The number of phenolic OH excluding ortho intramolecular Hbond substituents is 1. The summed E-state index contributed by atoms with van der Waals surface area (Å²) in [6.45, 7) is 24.9. The van der Waals surface area contributed by atoms with Gasteiger partial charge in [-0.05, 0) is 67.2 Å². The Labute approximate surface area is 474 Å². The van der Waals surface area contributed by atoms with Crippen molar-refractivity contribution in [3.63, 3.8) is 0 Å². The van der Waals surface area contributed by atoms with Gasteiger partial charge in [-0.2, -0.15) is 19.9 Å². The molecule has 3 aromatic heterocycles. The number of hydrogen-bond donors (Lipinski definition) is 1. The van der Waals surface area contributed by atoms with Crippen LogP contribution in [0.15, 0.2) is 92.2 Å². The molecule has 13 rings (SSSR count). The number of piperazine rings is 2. The Morgan fingerprint density at radius 2 is 1.38 bits per heavy atom. The molecule has 1 saturated carbocycles. The lowest BCUT2D eigenvalue weighted by Gasteiger charge is -2.38. The van der Waals surface area contributed by atoms with Gasteiger partial charge in [0.15, 0.2) is 0 Å². The molecule has 5 fully saturated rings. The minimum atomic E-state index is -0.389. The second-order valence-electron chi connectivity index (χ2n) is 22.8. The van der Waals surface area contributed by atoms with Gasteiger partial charge in [-0.1, -0.05) is 43.0 Å². The number of likely N-dealkylation sites (tertiary alicyclic amines) is 1. The summed E-state index contributed by atoms with van der Waals surface area (Å²) < 4.78 is 26.2. The van der Waals surface area contributed by atoms with Crippen LogP contribution in [-0.2, 0) is 35.5 Å². The monoisotopic (exact) mass is 1100 g/mol. The second kappa shape index (κ2) is 23.6. The van der Waals surface area contributed by atoms with Gasteiger partial charge in [0.05, 0.1) is 55.5 Å². The van der Waals surface area contributed by atoms with Crippen molar-refractivity contribution in [1.82, 2.24) is 44.5 Å². The number of aromatic hydroxyl groups is 1. The summed E-state index contributed by atoms with van der Waals surface area (Å²) in [5.74, 6) is 4.55. The molecular weight excluding hydrogens is 1020 g/mol. The van der Waals surface area contributed by atoms with Crippen LogP contribution in [0.1, 0.15) is 35.4 Å². The molecule has 81 heavy (non-hydrogen) atoms. The van der Waals surface area contributed by atoms with E-state index in [1.54, 1.807) is 12.3 Å². The number of amides is 1. The molecule has 1 amide bonds. The standard InChI is InChI=1S/C62H75N13O6/c1-3-15-68-19-21-72(22-20-68)60-52-13-18-75(56-35-47(76)33-44-10-7-14-63-58(44)56)41-54(52)65-62(67-60)80-42-49(39-69-27-30-78-31-28-69)81-48-34-43-9-5-6-11-50(43)55(36-48)74-17-12-51-53(40-74)64-61(79-29-8-16-70-37-45-32-46(45)38-70)66-59(51)73-25-23-71(24-26-73)57(77)4-2/h3-7,9-11,14,33-36,45-46,49,76H,1-2,8,12-13,15-32,37-42H2. The number of piperidine rings is 1. The summed E-state index contributed by atoms with van der Waals surface area (Å²) in [5, 5.41) is 13.9. The first-order valence-corrected chi connectivity index (χ1v) is 29.4. The fourth-order valence-corrected chi connectivity index (χ4v) is 13.1. The van der Waals surface area contributed by atoms with Crippen LogP contribution in [0.2, 0.25) is 0 Å². The van der Waals surface area contributed by atoms with E-state index in [4.69, 9.17) is 43.9 Å². The van der Waals surface area contributed by atoms with Gasteiger partial charge in [-0.15, -0.1) is 6.58 Å². The Morgan fingerprint density at radius 3 is 2.10 bits per heavy atom. The lowest BCUT2D eigenvalue weighted by molar-refractivity contribution is -0.126. The van der Waals surface area contributed by atoms with Crippen molar-refractivity contribution in [2.75, 3.05) is 157 Å². The van der Waals surface area contributed by atoms with Crippen molar-refractivity contribution >= 4 is 50.6 Å². The predicted octanol–water partition coefficient (Wildman–Crippen LogP) is 5.82. The Morgan fingerprint density at radius 1 is 0.704 bits per heavy atom. The summed E-state index contributed by atoms with van der Waals surface area (Å²) >= 11 is 0. The zero-order valence-electron chi connectivity index (χ0n) is 46.5. The molecule has 0 spiro atoms. The first-order chi connectivity index (χ1) is 39.8. The van der Waals surface area contributed by atoms with Crippen LogP contribution in [0.5, 0.6) is 23.5 Å². The molecule has 7 aliphatic rings. The molecule has 6 aromatic rings. The maximum absolute atomic E-state index is 12.6. The molecule has 0 bridgehead atoms. The number of benzene rings is 3. The van der Waals surface area contributed by atoms with Crippen LogP contribution in [0, 0.1) is 11.8 Å². The third kappa shape index (κ3) is 11.8. The molecular formula is C62H75N13O6. The van der Waals surface area contributed by atoms with Crippen LogP contribution in [-0.4, -0.2) is 199 Å². The molecule has 9 heterocycles. The van der Waals surface area contributed by atoms with Crippen molar-refractivity contribution in [1.29, 1.82) is 0 Å². The quantitative estimate of drug-likeness (QED) is 0.0586. The Balaban J connectivity index is 0.776. The third-order valence-electron chi connectivity index (χ3n) is 17.5. The summed E-state index contributed by atoms with van der Waals surface area (Å²) in [7, 11) is 0. The number of carbonyl (C=O) groups is 1. The van der Waals surface area contributed by atoms with E-state index in [0.717, 1.165) is 169 Å². The van der Waals surface area contributed by atoms with E-state index in [9.17, 15) is 9.90 Å². The van der Waals surface area contributed by atoms with E-state index in [1.165, 1.54) is 25.6 Å². The smallest absolute Gasteiger partial charge is 0.318 e. The first-order valence-electron chi connectivity index (χ1n) is 29.4. The largest absolute Gasteiger partial charge is 0.508 e. The van der Waals surface area contributed by atoms with Crippen LogP contribution in [0.25, 0.3) is 21.7 Å². The van der Waals surface area contributed by atoms with Crippen molar-refractivity contribution in [3.05, 3.63) is 115 Å². The number of ether oxygens (including phenoxy) is 4. The second-order valence-corrected chi connectivity index (χ2v) is 22.8. The minimum Gasteiger partial charge on any atom is -0.508 e. The van der Waals surface area contributed by atoms with Crippen molar-refractivity contribution in [3.8, 4) is 23.5 Å². The number of anilines is 4. The average molecular weight is 1100 g/mol. The molecule has 3 atom stereocenters. The molecule has 3 unspecified atom stereocenters. The third-order valence-corrected chi connectivity index (χ3v) is 17.5. The van der Waals surface area contributed by atoms with Gasteiger partial charge in [0.25, 0.3) is 0 Å². The van der Waals surface area contributed by atoms with E-state index >= 15 is 0 Å². The maximum atomic E-state index is 12.6. The fourth-order valence-electron chi connectivity index (χ4n) is 13.1. The van der Waals surface area contributed by atoms with Gasteiger partial charge in [0.2, 0.25) is 5.91 Å². The fraction of sp³-hybridized carbons (Fsp3) is 0.484. The topological polar surface area (TPSA) is 165 Å². The first kappa shape index (κ1) is 53.0. The number of pyridine rings is 1. The van der Waals surface area contributed by atoms with E-state index in [2.05, 4.69) is 83.9 Å². The van der Waals surface area contributed by atoms with Gasteiger partial charge < -0.3 is 53.5 Å². The Bertz CT molecular complexity index is 3260. The summed E-state index contributed by atoms with van der Waals surface area (Å²) in [4.78, 5) is 56.7. The number of carbonyl (C=O) groups excluding carboxylic acids is 1. The lowest BCUT2D eigenvalue weighted by Crippen LogP contribution is -2.49. The Hall–Kier alpha value is -7.32. The van der Waals surface area contributed by atoms with Gasteiger partial charge in [-0.3, -0.25) is 19.6 Å². The molecule has 424 valence electrons. The zero-order chi connectivity index (χ0) is 54.8. The van der Waals surface area contributed by atoms with E-state index in [1.807, 2.05) is 29.2 Å².